The number of carbonyl (C=O) groups is 4. The summed E-state index contributed by atoms with van der Waals surface area (Å²) < 4.78 is 10.4. The van der Waals surface area contributed by atoms with Crippen LogP contribution in [0.3, 0.4) is 0 Å². The van der Waals surface area contributed by atoms with E-state index in [-0.39, 0.29) is 47.0 Å². The van der Waals surface area contributed by atoms with Crippen molar-refractivity contribution in [3.8, 4) is 0 Å². The van der Waals surface area contributed by atoms with Crippen LogP contribution < -0.4 is 21.3 Å². The highest BCUT2D eigenvalue weighted by Crippen LogP contribution is 2.32. The molecule has 0 saturated carbocycles. The van der Waals surface area contributed by atoms with Crippen molar-refractivity contribution in [3.63, 3.8) is 0 Å². The number of hydrazone groups is 1. The third-order valence-electron chi connectivity index (χ3n) is 4.96. The zero-order valence-electron chi connectivity index (χ0n) is 19.3. The zero-order chi connectivity index (χ0) is 25.9. The number of hydrogen-bond acceptors (Lipinski definition) is 8. The van der Waals surface area contributed by atoms with Crippen LogP contribution in [0.4, 0.5) is 15.3 Å². The topological polar surface area (TPSA) is 148 Å². The van der Waals surface area contributed by atoms with Crippen molar-refractivity contribution in [1.82, 2.24) is 10.1 Å². The molecule has 2 aromatic rings. The molecule has 35 heavy (non-hydrogen) atoms. The summed E-state index contributed by atoms with van der Waals surface area (Å²) in [5.74, 6) is -1.51. The van der Waals surface area contributed by atoms with Gasteiger partial charge >= 0.3 is 12.2 Å². The molecule has 0 bridgehead atoms. The maximum atomic E-state index is 13.4. The third-order valence-corrected chi connectivity index (χ3v) is 5.22. The third kappa shape index (κ3) is 4.87. The summed E-state index contributed by atoms with van der Waals surface area (Å²) in [6.45, 7) is 6.04. The van der Waals surface area contributed by atoms with Gasteiger partial charge in [-0.15, -0.1) is 0 Å². The molecule has 0 spiro atoms. The number of anilines is 1. The van der Waals surface area contributed by atoms with Crippen LogP contribution in [0.2, 0.25) is 5.02 Å². The highest BCUT2D eigenvalue weighted by molar-refractivity contribution is 6.37. The Morgan fingerprint density at radius 1 is 0.971 bits per heavy atom. The van der Waals surface area contributed by atoms with Gasteiger partial charge in [0.05, 0.1) is 47.0 Å². The average molecular weight is 504 g/mol. The van der Waals surface area contributed by atoms with Gasteiger partial charge in [0.2, 0.25) is 0 Å². The predicted octanol–water partition coefficient (Wildman–Crippen LogP) is 2.78. The van der Waals surface area contributed by atoms with E-state index in [2.05, 4.69) is 16.0 Å². The normalized spacial score (nSPS) is 12.9. The molecule has 2 N–H and O–H groups in total. The molecule has 1 aromatic heterocycles. The van der Waals surface area contributed by atoms with Gasteiger partial charge in [-0.25, -0.2) is 30.0 Å². The fraction of sp³-hybridized carbons (Fsp3) is 0.273. The molecule has 0 fully saturated rings. The number of nitrogens with zero attached hydrogens (tertiary/aromatic N) is 3. The number of ether oxygens (including phenoxy) is 2. The number of hydrogen-bond donors (Lipinski definition) is 2. The number of halogens is 1. The quantitative estimate of drug-likeness (QED) is 0.349. The Labute approximate surface area is 204 Å². The summed E-state index contributed by atoms with van der Waals surface area (Å²) in [7, 11) is 0. The lowest BCUT2D eigenvalue weighted by molar-refractivity contribution is 0.0925. The van der Waals surface area contributed by atoms with E-state index in [0.29, 0.717) is 5.02 Å². The molecule has 4 amide bonds. The fourth-order valence-electron chi connectivity index (χ4n) is 3.48. The summed E-state index contributed by atoms with van der Waals surface area (Å²) in [4.78, 5) is 64.9. The number of aromatic nitrogens is 1. The number of fused-ring (bicyclic) bond motifs is 1. The zero-order valence-corrected chi connectivity index (χ0v) is 20.1. The average Bonchev–Trinajstić information content (AvgIpc) is 3.06. The molecule has 1 aliphatic heterocycles. The Kier molecular flexibility index (Phi) is 7.55. The van der Waals surface area contributed by atoms with Crippen molar-refractivity contribution in [2.45, 2.75) is 27.7 Å². The molecule has 0 radical (unpaired) electrons. The molecular weight excluding hydrogens is 482 g/mol. The molecule has 13 heteroatoms. The molecule has 0 saturated heterocycles. The largest absolute Gasteiger partial charge is 0.449 e. The number of imide groups is 1. The second-order valence-corrected chi connectivity index (χ2v) is 7.57. The number of carbonyl (C=O) groups excluding carboxylic acids is 4. The van der Waals surface area contributed by atoms with Crippen LogP contribution in [-0.4, -0.2) is 47.6 Å². The summed E-state index contributed by atoms with van der Waals surface area (Å²) in [6.07, 6.45) is -1.83. The van der Waals surface area contributed by atoms with Gasteiger partial charge < -0.3 is 9.47 Å². The van der Waals surface area contributed by atoms with E-state index in [4.69, 9.17) is 21.1 Å². The van der Waals surface area contributed by atoms with Gasteiger partial charge in [-0.2, -0.15) is 5.10 Å². The Morgan fingerprint density at radius 2 is 1.54 bits per heavy atom. The van der Waals surface area contributed by atoms with Crippen LogP contribution in [0, 0.1) is 6.92 Å². The monoisotopic (exact) mass is 503 g/mol. The minimum Gasteiger partial charge on any atom is -0.449 e. The van der Waals surface area contributed by atoms with E-state index < -0.39 is 29.6 Å². The van der Waals surface area contributed by atoms with Gasteiger partial charge in [0.1, 0.15) is 0 Å². The van der Waals surface area contributed by atoms with Gasteiger partial charge in [-0.1, -0.05) is 11.6 Å². The summed E-state index contributed by atoms with van der Waals surface area (Å²) in [5, 5.41) is 4.24. The summed E-state index contributed by atoms with van der Waals surface area (Å²) in [5.41, 5.74) is 3.00. The molecule has 0 unspecified atom stereocenters. The molecule has 2 heterocycles. The first kappa shape index (κ1) is 25.4. The maximum absolute atomic E-state index is 13.4. The minimum absolute atomic E-state index is 0.00256. The predicted molar refractivity (Wildman–Crippen MR) is 127 cm³/mol. The molecule has 3 rings (SSSR count). The first-order chi connectivity index (χ1) is 16.6. The van der Waals surface area contributed by atoms with Gasteiger partial charge in [-0.05, 0) is 52.0 Å². The van der Waals surface area contributed by atoms with Gasteiger partial charge in [0.15, 0.2) is 0 Å². The lowest BCUT2D eigenvalue weighted by Gasteiger charge is -2.16. The van der Waals surface area contributed by atoms with E-state index in [1.807, 2.05) is 0 Å². The van der Waals surface area contributed by atoms with Crippen LogP contribution in [0.5, 0.6) is 0 Å². The SMILES string of the molecule is CCOC(=O)N/N=C(\C)c1c2c(c(C)n(NC(=O)OCC)c1=O)C(=O)N(c1ccc(Cl)cc1)C2=O. The first-order valence-electron chi connectivity index (χ1n) is 10.5. The maximum Gasteiger partial charge on any atom is 0.427 e. The Hall–Kier alpha value is -4.19. The number of nitrogens with one attached hydrogen (secondary N) is 2. The van der Waals surface area contributed by atoms with E-state index in [0.717, 1.165) is 9.58 Å². The molecule has 1 aliphatic rings. The van der Waals surface area contributed by atoms with E-state index in [9.17, 15) is 24.0 Å². The fourth-order valence-corrected chi connectivity index (χ4v) is 3.60. The lowest BCUT2D eigenvalue weighted by atomic mass is 10.00. The molecule has 184 valence electrons. The second-order valence-electron chi connectivity index (χ2n) is 7.13. The van der Waals surface area contributed by atoms with Crippen LogP contribution in [0.25, 0.3) is 0 Å². The van der Waals surface area contributed by atoms with Crippen molar-refractivity contribution in [1.29, 1.82) is 0 Å². The van der Waals surface area contributed by atoms with Gasteiger partial charge in [0, 0.05) is 5.02 Å². The molecular formula is C22H22ClN5O7. The van der Waals surface area contributed by atoms with Crippen molar-refractivity contribution >= 4 is 47.0 Å². The van der Waals surface area contributed by atoms with Crippen molar-refractivity contribution in [2.24, 2.45) is 5.10 Å². The lowest BCUT2D eigenvalue weighted by Crippen LogP contribution is -2.39. The van der Waals surface area contributed by atoms with Crippen LogP contribution in [0.15, 0.2) is 34.2 Å². The van der Waals surface area contributed by atoms with Gasteiger partial charge in [0.25, 0.3) is 17.4 Å². The van der Waals surface area contributed by atoms with E-state index >= 15 is 0 Å². The Morgan fingerprint density at radius 3 is 2.14 bits per heavy atom. The van der Waals surface area contributed by atoms with Crippen LogP contribution >= 0.6 is 11.6 Å². The molecule has 1 aromatic carbocycles. The second kappa shape index (κ2) is 10.4. The molecule has 12 nitrogen and oxygen atoms in total. The Balaban J connectivity index is 2.23. The summed E-state index contributed by atoms with van der Waals surface area (Å²) >= 11 is 5.93. The first-order valence-corrected chi connectivity index (χ1v) is 10.8. The number of pyridine rings is 1. The standard InChI is InChI=1S/C22H22ClN5O7/c1-5-34-21(32)25-24-11(3)15-17-16(12(4)28(20(15)31)26-22(33)35-6-2)18(29)27(19(17)30)14-9-7-13(23)8-10-14/h7-10H,5-6H2,1-4H3,(H,25,32)(H,26,33)/b24-11+. The van der Waals surface area contributed by atoms with Crippen molar-refractivity contribution in [3.05, 3.63) is 62.0 Å². The van der Waals surface area contributed by atoms with Crippen LogP contribution in [-0.2, 0) is 9.47 Å². The summed E-state index contributed by atoms with van der Waals surface area (Å²) in [6, 6.07) is 5.97. The molecule has 0 atom stereocenters. The minimum atomic E-state index is -0.950. The highest BCUT2D eigenvalue weighted by atomic mass is 35.5. The number of amides is 4. The van der Waals surface area contributed by atoms with E-state index in [1.54, 1.807) is 13.8 Å². The smallest absolute Gasteiger partial charge is 0.427 e. The van der Waals surface area contributed by atoms with Gasteiger partial charge in [-0.3, -0.25) is 14.4 Å². The molecule has 0 aliphatic carbocycles. The van der Waals surface area contributed by atoms with Crippen molar-refractivity contribution < 1.29 is 28.7 Å². The van der Waals surface area contributed by atoms with Crippen molar-refractivity contribution in [2.75, 3.05) is 23.5 Å². The highest BCUT2D eigenvalue weighted by Gasteiger charge is 2.43. The van der Waals surface area contributed by atoms with Crippen LogP contribution in [0.1, 0.15) is 52.7 Å². The van der Waals surface area contributed by atoms with E-state index in [1.165, 1.54) is 38.1 Å². The number of benzene rings is 1. The number of rotatable bonds is 6. The Bertz CT molecular complexity index is 1300.